The summed E-state index contributed by atoms with van der Waals surface area (Å²) in [5.74, 6) is -0.0931. The van der Waals surface area contributed by atoms with Crippen LogP contribution in [0.1, 0.15) is 41.6 Å². The lowest BCUT2D eigenvalue weighted by Crippen LogP contribution is -2.45. The van der Waals surface area contributed by atoms with E-state index in [1.807, 2.05) is 16.7 Å². The van der Waals surface area contributed by atoms with E-state index in [1.54, 1.807) is 30.4 Å². The van der Waals surface area contributed by atoms with Crippen LogP contribution in [0.3, 0.4) is 0 Å². The van der Waals surface area contributed by atoms with Crippen molar-refractivity contribution in [1.82, 2.24) is 24.7 Å². The van der Waals surface area contributed by atoms with Crippen molar-refractivity contribution in [2.24, 2.45) is 5.41 Å². The second kappa shape index (κ2) is 10.3. The SMILES string of the molecule is O=C(NCc1ccc(SNCC2CCC3(CCNCC3)CO2)cc1)c1ccc2nccn2c1. The van der Waals surface area contributed by atoms with Gasteiger partial charge in [0, 0.05) is 36.6 Å². The van der Waals surface area contributed by atoms with Gasteiger partial charge in [0.15, 0.2) is 0 Å². The summed E-state index contributed by atoms with van der Waals surface area (Å²) < 4.78 is 11.5. The van der Waals surface area contributed by atoms with Gasteiger partial charge in [-0.1, -0.05) is 12.1 Å². The minimum atomic E-state index is -0.0931. The molecule has 0 aliphatic carbocycles. The van der Waals surface area contributed by atoms with Gasteiger partial charge in [0.05, 0.1) is 18.3 Å². The van der Waals surface area contributed by atoms with Crippen molar-refractivity contribution in [3.05, 3.63) is 66.1 Å². The molecule has 1 atom stereocenters. The summed E-state index contributed by atoms with van der Waals surface area (Å²) in [7, 11) is 0. The first-order valence-corrected chi connectivity index (χ1v) is 12.5. The fourth-order valence-electron chi connectivity index (χ4n) is 4.66. The van der Waals surface area contributed by atoms with Crippen molar-refractivity contribution in [3.63, 3.8) is 0 Å². The molecule has 1 aromatic carbocycles. The predicted molar refractivity (Wildman–Crippen MR) is 130 cm³/mol. The Bertz CT molecular complexity index is 1070. The lowest BCUT2D eigenvalue weighted by atomic mass is 9.74. The molecule has 8 heteroatoms. The van der Waals surface area contributed by atoms with E-state index in [2.05, 4.69) is 44.6 Å². The molecule has 2 fully saturated rings. The number of pyridine rings is 1. The Hall–Kier alpha value is -2.39. The fraction of sp³-hybridized carbons (Fsp3) is 0.440. The molecule has 0 radical (unpaired) electrons. The van der Waals surface area contributed by atoms with Gasteiger partial charge in [-0.2, -0.15) is 0 Å². The quantitative estimate of drug-likeness (QED) is 0.464. The largest absolute Gasteiger partial charge is 0.376 e. The van der Waals surface area contributed by atoms with E-state index in [-0.39, 0.29) is 5.91 Å². The Morgan fingerprint density at radius 2 is 2.03 bits per heavy atom. The Morgan fingerprint density at radius 1 is 1.18 bits per heavy atom. The zero-order valence-electron chi connectivity index (χ0n) is 18.8. The molecule has 3 aromatic rings. The number of carbonyl (C=O) groups is 1. The van der Waals surface area contributed by atoms with Gasteiger partial charge in [-0.25, -0.2) is 4.98 Å². The second-order valence-corrected chi connectivity index (χ2v) is 10.1. The number of hydrogen-bond acceptors (Lipinski definition) is 6. The first-order chi connectivity index (χ1) is 16.2. The maximum atomic E-state index is 12.5. The molecular formula is C25H31N5O2S. The van der Waals surface area contributed by atoms with Crippen LogP contribution in [0.15, 0.2) is 59.9 Å². The molecule has 33 heavy (non-hydrogen) atoms. The average Bonchev–Trinajstić information content (AvgIpc) is 3.33. The monoisotopic (exact) mass is 465 g/mol. The van der Waals surface area contributed by atoms with Crippen LogP contribution < -0.4 is 15.4 Å². The maximum absolute atomic E-state index is 12.5. The highest BCUT2D eigenvalue weighted by Crippen LogP contribution is 2.38. The van der Waals surface area contributed by atoms with Crippen molar-refractivity contribution in [2.75, 3.05) is 26.2 Å². The summed E-state index contributed by atoms with van der Waals surface area (Å²) in [5, 5.41) is 6.44. The molecular weight excluding hydrogens is 434 g/mol. The van der Waals surface area contributed by atoms with Crippen LogP contribution >= 0.6 is 11.9 Å². The summed E-state index contributed by atoms with van der Waals surface area (Å²) in [6.07, 6.45) is 10.6. The second-order valence-electron chi connectivity index (χ2n) is 9.11. The molecule has 4 heterocycles. The van der Waals surface area contributed by atoms with E-state index in [9.17, 15) is 4.79 Å². The predicted octanol–water partition coefficient (Wildman–Crippen LogP) is 3.41. The minimum absolute atomic E-state index is 0.0931. The number of piperidine rings is 1. The molecule has 1 spiro atoms. The van der Waals surface area contributed by atoms with Gasteiger partial charge >= 0.3 is 0 Å². The number of benzene rings is 1. The topological polar surface area (TPSA) is 79.7 Å². The van der Waals surface area contributed by atoms with E-state index in [0.29, 0.717) is 23.6 Å². The van der Waals surface area contributed by atoms with E-state index >= 15 is 0 Å². The van der Waals surface area contributed by atoms with Crippen LogP contribution in [-0.4, -0.2) is 47.6 Å². The molecule has 7 nitrogen and oxygen atoms in total. The molecule has 2 aliphatic heterocycles. The maximum Gasteiger partial charge on any atom is 0.253 e. The number of hydrogen-bond donors (Lipinski definition) is 3. The average molecular weight is 466 g/mol. The van der Waals surface area contributed by atoms with Crippen LogP contribution in [0, 0.1) is 5.41 Å². The van der Waals surface area contributed by atoms with Gasteiger partial charge in [0.25, 0.3) is 5.91 Å². The number of amides is 1. The Labute approximate surface area is 198 Å². The number of ether oxygens (including phenoxy) is 1. The van der Waals surface area contributed by atoms with Gasteiger partial charge in [-0.3, -0.25) is 9.52 Å². The summed E-state index contributed by atoms with van der Waals surface area (Å²) in [6, 6.07) is 11.9. The van der Waals surface area contributed by atoms with Crippen molar-refractivity contribution in [3.8, 4) is 0 Å². The number of rotatable bonds is 7. The number of fused-ring (bicyclic) bond motifs is 1. The van der Waals surface area contributed by atoms with Crippen LogP contribution in [0.2, 0.25) is 0 Å². The highest BCUT2D eigenvalue weighted by Gasteiger charge is 2.36. The van der Waals surface area contributed by atoms with Gasteiger partial charge < -0.3 is 19.8 Å². The molecule has 0 saturated carbocycles. The van der Waals surface area contributed by atoms with Crippen LogP contribution in [0.4, 0.5) is 0 Å². The summed E-state index contributed by atoms with van der Waals surface area (Å²) in [5.41, 5.74) is 2.94. The third-order valence-corrected chi connectivity index (χ3v) is 7.63. The van der Waals surface area contributed by atoms with Crippen molar-refractivity contribution < 1.29 is 9.53 Å². The van der Waals surface area contributed by atoms with Crippen LogP contribution in [0.25, 0.3) is 5.65 Å². The molecule has 2 aliphatic rings. The normalized spacial score (nSPS) is 20.2. The molecule has 1 unspecified atom stereocenters. The van der Waals surface area contributed by atoms with Gasteiger partial charge in [-0.15, -0.1) is 0 Å². The van der Waals surface area contributed by atoms with E-state index in [1.165, 1.54) is 19.3 Å². The third-order valence-electron chi connectivity index (χ3n) is 6.81. The van der Waals surface area contributed by atoms with Gasteiger partial charge in [-0.05, 0) is 86.0 Å². The van der Waals surface area contributed by atoms with Crippen molar-refractivity contribution in [2.45, 2.75) is 43.2 Å². The molecule has 5 rings (SSSR count). The fourth-order valence-corrected chi connectivity index (χ4v) is 5.37. The zero-order chi connectivity index (χ0) is 22.5. The number of imidazole rings is 1. The van der Waals surface area contributed by atoms with E-state index in [0.717, 1.165) is 48.8 Å². The lowest BCUT2D eigenvalue weighted by Gasteiger charge is -2.43. The van der Waals surface area contributed by atoms with Crippen LogP contribution in [0.5, 0.6) is 0 Å². The third kappa shape index (κ3) is 5.58. The number of nitrogens with one attached hydrogen (secondary N) is 3. The summed E-state index contributed by atoms with van der Waals surface area (Å²) >= 11 is 1.64. The number of carbonyl (C=O) groups excluding carboxylic acids is 1. The minimum Gasteiger partial charge on any atom is -0.376 e. The summed E-state index contributed by atoms with van der Waals surface area (Å²) in [6.45, 7) is 4.51. The van der Waals surface area contributed by atoms with Gasteiger partial charge in [0.1, 0.15) is 5.65 Å². The molecule has 2 saturated heterocycles. The standard InChI is InChI=1S/C25H31N5O2S/c31-24(20-3-6-23-27-13-14-30(23)17-20)28-15-19-1-4-22(5-2-19)33-29-16-21-7-8-25(18-32-21)9-11-26-12-10-25/h1-6,13-14,17,21,26,29H,7-12,15-16,18H2,(H,28,31). The molecule has 3 N–H and O–H groups in total. The Kier molecular flexibility index (Phi) is 6.96. The Morgan fingerprint density at radius 3 is 2.82 bits per heavy atom. The van der Waals surface area contributed by atoms with Crippen molar-refractivity contribution >= 4 is 23.5 Å². The molecule has 2 aromatic heterocycles. The lowest BCUT2D eigenvalue weighted by molar-refractivity contribution is -0.0710. The molecule has 174 valence electrons. The van der Waals surface area contributed by atoms with Gasteiger partial charge in [0.2, 0.25) is 0 Å². The molecule has 1 amide bonds. The molecule has 0 bridgehead atoms. The number of aromatic nitrogens is 2. The highest BCUT2D eigenvalue weighted by atomic mass is 32.2. The smallest absolute Gasteiger partial charge is 0.253 e. The zero-order valence-corrected chi connectivity index (χ0v) is 19.6. The van der Waals surface area contributed by atoms with E-state index < -0.39 is 0 Å². The highest BCUT2D eigenvalue weighted by molar-refractivity contribution is 7.97. The van der Waals surface area contributed by atoms with Crippen LogP contribution in [-0.2, 0) is 11.3 Å². The van der Waals surface area contributed by atoms with Crippen molar-refractivity contribution in [1.29, 1.82) is 0 Å². The first-order valence-electron chi connectivity index (χ1n) is 11.7. The number of nitrogens with zero attached hydrogens (tertiary/aromatic N) is 2. The van der Waals surface area contributed by atoms with E-state index in [4.69, 9.17) is 4.74 Å². The first kappa shape index (κ1) is 22.4. The summed E-state index contributed by atoms with van der Waals surface area (Å²) in [4.78, 5) is 17.8. The Balaban J connectivity index is 1.03.